The Labute approximate surface area is 167 Å². The van der Waals surface area contributed by atoms with Crippen molar-refractivity contribution < 1.29 is 26.4 Å². The van der Waals surface area contributed by atoms with Gasteiger partial charge in [-0.3, -0.25) is 4.79 Å². The number of halogens is 4. The van der Waals surface area contributed by atoms with Gasteiger partial charge in [0.05, 0.1) is 16.7 Å². The summed E-state index contributed by atoms with van der Waals surface area (Å²) in [7, 11) is -3.79. The van der Waals surface area contributed by atoms with E-state index in [1.54, 1.807) is 0 Å². The largest absolute Gasteiger partial charge is 0.393 e. The van der Waals surface area contributed by atoms with Crippen molar-refractivity contribution in [2.45, 2.75) is 36.8 Å². The molecule has 1 aromatic rings. The lowest BCUT2D eigenvalue weighted by Gasteiger charge is -2.38. The van der Waals surface area contributed by atoms with Crippen molar-refractivity contribution in [3.05, 3.63) is 29.3 Å². The number of nitrogens with zero attached hydrogens (tertiary/aromatic N) is 2. The molecular formula is C18H22ClF3N2O3S. The molecule has 2 fully saturated rings. The number of benzene rings is 1. The van der Waals surface area contributed by atoms with E-state index in [1.165, 1.54) is 33.5 Å². The van der Waals surface area contributed by atoms with Gasteiger partial charge in [-0.15, -0.1) is 0 Å². The molecule has 5 nitrogen and oxygen atoms in total. The number of hydrogen-bond acceptors (Lipinski definition) is 3. The molecular weight excluding hydrogens is 417 g/mol. The Morgan fingerprint density at radius 1 is 1.04 bits per heavy atom. The third-order valence-electron chi connectivity index (χ3n) is 5.38. The van der Waals surface area contributed by atoms with E-state index >= 15 is 0 Å². The average molecular weight is 439 g/mol. The van der Waals surface area contributed by atoms with E-state index in [0.717, 1.165) is 0 Å². The molecule has 0 saturated carbocycles. The van der Waals surface area contributed by atoms with Crippen molar-refractivity contribution in [2.24, 2.45) is 11.8 Å². The van der Waals surface area contributed by atoms with Gasteiger partial charge in [0.2, 0.25) is 15.9 Å². The van der Waals surface area contributed by atoms with Gasteiger partial charge in [0.25, 0.3) is 0 Å². The van der Waals surface area contributed by atoms with E-state index in [4.69, 9.17) is 11.6 Å². The average Bonchev–Trinajstić information content (AvgIpc) is 2.67. The van der Waals surface area contributed by atoms with Gasteiger partial charge in [-0.25, -0.2) is 8.42 Å². The lowest BCUT2D eigenvalue weighted by molar-refractivity contribution is -0.188. The molecule has 2 aliphatic rings. The molecule has 2 atom stereocenters. The zero-order valence-electron chi connectivity index (χ0n) is 15.2. The highest BCUT2D eigenvalue weighted by Gasteiger charge is 2.44. The van der Waals surface area contributed by atoms with Crippen LogP contribution in [-0.4, -0.2) is 55.9 Å². The number of likely N-dealkylation sites (tertiary alicyclic amines) is 1. The smallest absolute Gasteiger partial charge is 0.342 e. The fourth-order valence-electron chi connectivity index (χ4n) is 3.82. The zero-order valence-corrected chi connectivity index (χ0v) is 16.7. The molecule has 0 aliphatic carbocycles. The molecule has 0 spiro atoms. The van der Waals surface area contributed by atoms with Gasteiger partial charge in [-0.1, -0.05) is 11.6 Å². The van der Waals surface area contributed by atoms with E-state index in [0.29, 0.717) is 24.3 Å². The van der Waals surface area contributed by atoms with Crippen LogP contribution in [0.4, 0.5) is 13.2 Å². The van der Waals surface area contributed by atoms with Crippen molar-refractivity contribution in [2.75, 3.05) is 26.2 Å². The Balaban J connectivity index is 1.70. The van der Waals surface area contributed by atoms with E-state index in [2.05, 4.69) is 0 Å². The monoisotopic (exact) mass is 438 g/mol. The van der Waals surface area contributed by atoms with Crippen LogP contribution < -0.4 is 0 Å². The molecule has 10 heteroatoms. The molecule has 3 rings (SSSR count). The Morgan fingerprint density at radius 3 is 2.32 bits per heavy atom. The molecule has 2 heterocycles. The Morgan fingerprint density at radius 2 is 1.68 bits per heavy atom. The number of hydrogen-bond donors (Lipinski definition) is 0. The summed E-state index contributed by atoms with van der Waals surface area (Å²) in [6, 6.07) is 5.77. The quantitative estimate of drug-likeness (QED) is 0.725. The van der Waals surface area contributed by atoms with E-state index in [9.17, 15) is 26.4 Å². The topological polar surface area (TPSA) is 57.7 Å². The third kappa shape index (κ3) is 4.63. The van der Waals surface area contributed by atoms with Gasteiger partial charge in [0.1, 0.15) is 0 Å². The van der Waals surface area contributed by atoms with Crippen molar-refractivity contribution >= 4 is 27.5 Å². The van der Waals surface area contributed by atoms with E-state index in [-0.39, 0.29) is 43.4 Å². The van der Waals surface area contributed by atoms with Crippen molar-refractivity contribution in [3.8, 4) is 0 Å². The van der Waals surface area contributed by atoms with Crippen LogP contribution >= 0.6 is 11.6 Å². The fourth-order valence-corrected chi connectivity index (χ4v) is 5.47. The summed E-state index contributed by atoms with van der Waals surface area (Å²) in [4.78, 5) is 14.1. The molecule has 0 aromatic heterocycles. The van der Waals surface area contributed by atoms with E-state index < -0.39 is 28.0 Å². The highest BCUT2D eigenvalue weighted by molar-refractivity contribution is 7.89. The SMILES string of the molecule is O=C([C@@H]1CCCN(S(=O)(=O)c2ccc(Cl)cc2)C1)N1CCC[C@@H](C(F)(F)F)C1. The number of carbonyl (C=O) groups is 1. The van der Waals surface area contributed by atoms with Crippen LogP contribution in [0.25, 0.3) is 0 Å². The van der Waals surface area contributed by atoms with Gasteiger partial charge in [-0.2, -0.15) is 17.5 Å². The lowest BCUT2D eigenvalue weighted by atomic mass is 9.93. The van der Waals surface area contributed by atoms with Crippen LogP contribution in [0.3, 0.4) is 0 Å². The maximum Gasteiger partial charge on any atom is 0.393 e. The Bertz CT molecular complexity index is 814. The second-order valence-electron chi connectivity index (χ2n) is 7.32. The highest BCUT2D eigenvalue weighted by atomic mass is 35.5. The molecule has 0 unspecified atom stereocenters. The first-order valence-electron chi connectivity index (χ1n) is 9.20. The minimum atomic E-state index is -4.32. The number of amides is 1. The van der Waals surface area contributed by atoms with Crippen molar-refractivity contribution in [1.29, 1.82) is 0 Å². The molecule has 1 amide bonds. The first-order chi connectivity index (χ1) is 13.1. The lowest BCUT2D eigenvalue weighted by Crippen LogP contribution is -2.50. The van der Waals surface area contributed by atoms with Crippen LogP contribution in [0.5, 0.6) is 0 Å². The van der Waals surface area contributed by atoms with E-state index in [1.807, 2.05) is 0 Å². The van der Waals surface area contributed by atoms with Crippen molar-refractivity contribution in [3.63, 3.8) is 0 Å². The van der Waals surface area contributed by atoms with Crippen LogP contribution in [0.15, 0.2) is 29.2 Å². The summed E-state index contributed by atoms with van der Waals surface area (Å²) < 4.78 is 66.0. The number of carbonyl (C=O) groups excluding carboxylic acids is 1. The standard InChI is InChI=1S/C18H22ClF3N2O3S/c19-15-5-7-16(8-6-15)28(26,27)24-10-1-3-13(11-24)17(25)23-9-2-4-14(12-23)18(20,21)22/h5-8,13-14H,1-4,9-12H2/t13-,14-/m1/s1. The van der Waals surface area contributed by atoms with Gasteiger partial charge in [0, 0.05) is 31.2 Å². The zero-order chi connectivity index (χ0) is 20.5. The number of alkyl halides is 3. The maximum absolute atomic E-state index is 13.0. The van der Waals surface area contributed by atoms with Crippen molar-refractivity contribution in [1.82, 2.24) is 9.21 Å². The minimum Gasteiger partial charge on any atom is -0.342 e. The second-order valence-corrected chi connectivity index (χ2v) is 9.70. The molecule has 28 heavy (non-hydrogen) atoms. The molecule has 1 aromatic carbocycles. The van der Waals surface area contributed by atoms with Crippen LogP contribution in [-0.2, 0) is 14.8 Å². The van der Waals surface area contributed by atoms with Gasteiger partial charge >= 0.3 is 6.18 Å². The fraction of sp³-hybridized carbons (Fsp3) is 0.611. The summed E-state index contributed by atoms with van der Waals surface area (Å²) in [5.41, 5.74) is 0. The normalized spacial score (nSPS) is 24.9. The third-order valence-corrected chi connectivity index (χ3v) is 7.51. The first kappa shape index (κ1) is 21.4. The summed E-state index contributed by atoms with van der Waals surface area (Å²) in [5.74, 6) is -2.52. The maximum atomic E-state index is 13.0. The predicted molar refractivity (Wildman–Crippen MR) is 98.3 cm³/mol. The summed E-state index contributed by atoms with van der Waals surface area (Å²) in [6.45, 7) is 0.200. The predicted octanol–water partition coefficient (Wildman–Crippen LogP) is 3.54. The van der Waals surface area contributed by atoms with Crippen LogP contribution in [0, 0.1) is 11.8 Å². The molecule has 0 bridgehead atoms. The number of rotatable bonds is 3. The van der Waals surface area contributed by atoms with Gasteiger partial charge in [0.15, 0.2) is 0 Å². The second kappa shape index (κ2) is 8.20. The molecule has 156 valence electrons. The molecule has 0 N–H and O–H groups in total. The highest BCUT2D eigenvalue weighted by Crippen LogP contribution is 2.34. The molecule has 2 saturated heterocycles. The van der Waals surface area contributed by atoms with Gasteiger partial charge in [-0.05, 0) is 49.9 Å². The Kier molecular flexibility index (Phi) is 6.26. The molecule has 2 aliphatic heterocycles. The number of piperidine rings is 2. The minimum absolute atomic E-state index is 0.0169. The first-order valence-corrected chi connectivity index (χ1v) is 11.0. The van der Waals surface area contributed by atoms with Gasteiger partial charge < -0.3 is 4.90 Å². The van der Waals surface area contributed by atoms with Crippen LogP contribution in [0.1, 0.15) is 25.7 Å². The summed E-state index contributed by atoms with van der Waals surface area (Å²) in [6.07, 6.45) is -3.04. The summed E-state index contributed by atoms with van der Waals surface area (Å²) in [5, 5.41) is 0.412. The Hall–Kier alpha value is -1.32. The molecule has 0 radical (unpaired) electrons. The number of sulfonamides is 1. The summed E-state index contributed by atoms with van der Waals surface area (Å²) >= 11 is 5.80. The van der Waals surface area contributed by atoms with Crippen LogP contribution in [0.2, 0.25) is 5.02 Å².